The Morgan fingerprint density at radius 3 is 2.88 bits per heavy atom. The van der Waals surface area contributed by atoms with Gasteiger partial charge in [0.25, 0.3) is 0 Å². The molecule has 1 aliphatic heterocycles. The second kappa shape index (κ2) is 8.63. The Hall–Kier alpha value is -2.15. The van der Waals surface area contributed by atoms with Gasteiger partial charge in [-0.05, 0) is 38.3 Å². The van der Waals surface area contributed by atoms with E-state index >= 15 is 0 Å². The molecule has 2 rings (SSSR count). The Morgan fingerprint density at radius 2 is 2.17 bits per heavy atom. The van der Waals surface area contributed by atoms with Crippen LogP contribution in [0.25, 0.3) is 0 Å². The summed E-state index contributed by atoms with van der Waals surface area (Å²) in [4.78, 5) is 26.0. The fourth-order valence-corrected chi connectivity index (χ4v) is 2.70. The predicted molar refractivity (Wildman–Crippen MR) is 91.0 cm³/mol. The van der Waals surface area contributed by atoms with Gasteiger partial charge in [-0.3, -0.25) is 4.79 Å². The van der Waals surface area contributed by atoms with Crippen LogP contribution in [0, 0.1) is 11.7 Å². The van der Waals surface area contributed by atoms with Gasteiger partial charge in [-0.25, -0.2) is 9.18 Å². The molecule has 0 saturated carbocycles. The average Bonchev–Trinajstić information content (AvgIpc) is 2.56. The number of rotatable bonds is 5. The van der Waals surface area contributed by atoms with E-state index in [0.29, 0.717) is 19.6 Å². The van der Waals surface area contributed by atoms with Crippen LogP contribution >= 0.6 is 0 Å². The van der Waals surface area contributed by atoms with E-state index < -0.39 is 5.82 Å². The molecular weight excluding hydrogens is 311 g/mol. The van der Waals surface area contributed by atoms with Crippen LogP contribution in [0.15, 0.2) is 24.3 Å². The standard InChI is InChI=1S/C17H25FN4O2/c1-12(19)8-9-20-16(23)13-5-4-10-22(11-13)17(24)21-15-7-3-2-6-14(15)18/h2-3,6-7,12-13H,4-5,8-11,19H2,1H3,(H,20,23)(H,21,24). The lowest BCUT2D eigenvalue weighted by Gasteiger charge is -2.32. The third-order valence-corrected chi connectivity index (χ3v) is 4.09. The van der Waals surface area contributed by atoms with Crippen molar-refractivity contribution in [1.29, 1.82) is 0 Å². The number of benzene rings is 1. The third kappa shape index (κ3) is 5.19. The monoisotopic (exact) mass is 336 g/mol. The quantitative estimate of drug-likeness (QED) is 0.768. The largest absolute Gasteiger partial charge is 0.356 e. The molecule has 0 spiro atoms. The smallest absolute Gasteiger partial charge is 0.321 e. The van der Waals surface area contributed by atoms with E-state index in [4.69, 9.17) is 5.73 Å². The van der Waals surface area contributed by atoms with Crippen LogP contribution in [0.2, 0.25) is 0 Å². The van der Waals surface area contributed by atoms with Crippen LogP contribution in [0.5, 0.6) is 0 Å². The summed E-state index contributed by atoms with van der Waals surface area (Å²) >= 11 is 0. The van der Waals surface area contributed by atoms with Crippen LogP contribution < -0.4 is 16.4 Å². The first-order valence-electron chi connectivity index (χ1n) is 8.31. The Bertz CT molecular complexity index is 579. The van der Waals surface area contributed by atoms with Crippen molar-refractivity contribution in [3.8, 4) is 0 Å². The van der Waals surface area contributed by atoms with Gasteiger partial charge in [0.2, 0.25) is 5.91 Å². The van der Waals surface area contributed by atoms with Crippen molar-refractivity contribution < 1.29 is 14.0 Å². The zero-order valence-electron chi connectivity index (χ0n) is 13.9. The van der Waals surface area contributed by atoms with E-state index in [1.807, 2.05) is 6.92 Å². The van der Waals surface area contributed by atoms with Gasteiger partial charge >= 0.3 is 6.03 Å². The zero-order chi connectivity index (χ0) is 17.5. The lowest BCUT2D eigenvalue weighted by Crippen LogP contribution is -2.47. The first-order chi connectivity index (χ1) is 11.5. The molecule has 2 unspecified atom stereocenters. The predicted octanol–water partition coefficient (Wildman–Crippen LogP) is 1.92. The first kappa shape index (κ1) is 18.2. The van der Waals surface area contributed by atoms with E-state index in [-0.39, 0.29) is 29.6 Å². The number of halogens is 1. The molecule has 2 atom stereocenters. The van der Waals surface area contributed by atoms with E-state index in [9.17, 15) is 14.0 Å². The van der Waals surface area contributed by atoms with Gasteiger partial charge in [0.05, 0.1) is 11.6 Å². The van der Waals surface area contributed by atoms with Crippen LogP contribution in [-0.2, 0) is 4.79 Å². The maximum absolute atomic E-state index is 13.6. The highest BCUT2D eigenvalue weighted by Gasteiger charge is 2.28. The highest BCUT2D eigenvalue weighted by Crippen LogP contribution is 2.19. The number of carbonyl (C=O) groups is 2. The second-order valence-electron chi connectivity index (χ2n) is 6.25. The number of carbonyl (C=O) groups excluding carboxylic acids is 2. The van der Waals surface area contributed by atoms with Gasteiger partial charge in [-0.1, -0.05) is 12.1 Å². The van der Waals surface area contributed by atoms with Crippen LogP contribution in [0.3, 0.4) is 0 Å². The highest BCUT2D eigenvalue weighted by molar-refractivity contribution is 5.90. The van der Waals surface area contributed by atoms with Crippen molar-refractivity contribution in [1.82, 2.24) is 10.2 Å². The number of nitrogens with two attached hydrogens (primary N) is 1. The number of likely N-dealkylation sites (tertiary alicyclic amines) is 1. The maximum atomic E-state index is 13.6. The van der Waals surface area contributed by atoms with Gasteiger partial charge in [0, 0.05) is 25.7 Å². The molecule has 3 amide bonds. The Kier molecular flexibility index (Phi) is 6.54. The Balaban J connectivity index is 1.86. The molecule has 0 radical (unpaired) electrons. The minimum atomic E-state index is -0.479. The molecule has 24 heavy (non-hydrogen) atoms. The number of anilines is 1. The molecule has 0 aromatic heterocycles. The molecule has 1 heterocycles. The van der Waals surface area contributed by atoms with Crippen molar-refractivity contribution in [2.45, 2.75) is 32.2 Å². The van der Waals surface area contributed by atoms with E-state index in [2.05, 4.69) is 10.6 Å². The number of para-hydroxylation sites is 1. The minimum absolute atomic E-state index is 0.0414. The van der Waals surface area contributed by atoms with Gasteiger partial charge in [-0.15, -0.1) is 0 Å². The lowest BCUT2D eigenvalue weighted by molar-refractivity contribution is -0.126. The summed E-state index contributed by atoms with van der Waals surface area (Å²) in [5.41, 5.74) is 5.81. The van der Waals surface area contributed by atoms with Crippen LogP contribution in [0.1, 0.15) is 26.2 Å². The molecular formula is C17H25FN4O2. The molecule has 1 aliphatic rings. The van der Waals surface area contributed by atoms with Crippen molar-refractivity contribution in [3.63, 3.8) is 0 Å². The summed E-state index contributed by atoms with van der Waals surface area (Å²) < 4.78 is 13.6. The Morgan fingerprint density at radius 1 is 1.42 bits per heavy atom. The number of urea groups is 1. The minimum Gasteiger partial charge on any atom is -0.356 e. The molecule has 1 aromatic rings. The Labute approximate surface area is 141 Å². The first-order valence-corrected chi connectivity index (χ1v) is 8.31. The van der Waals surface area contributed by atoms with E-state index in [0.717, 1.165) is 19.3 Å². The van der Waals surface area contributed by atoms with Gasteiger partial charge in [-0.2, -0.15) is 0 Å². The van der Waals surface area contributed by atoms with Crippen molar-refractivity contribution in [3.05, 3.63) is 30.1 Å². The molecule has 6 nitrogen and oxygen atoms in total. The van der Waals surface area contributed by atoms with Crippen LogP contribution in [-0.4, -0.2) is 42.5 Å². The summed E-state index contributed by atoms with van der Waals surface area (Å²) in [7, 11) is 0. The molecule has 132 valence electrons. The molecule has 0 bridgehead atoms. The zero-order valence-corrected chi connectivity index (χ0v) is 13.9. The van der Waals surface area contributed by atoms with Crippen molar-refractivity contribution in [2.75, 3.05) is 25.0 Å². The third-order valence-electron chi connectivity index (χ3n) is 4.09. The van der Waals surface area contributed by atoms with Crippen molar-refractivity contribution >= 4 is 17.6 Å². The van der Waals surface area contributed by atoms with E-state index in [1.165, 1.54) is 12.1 Å². The summed E-state index contributed by atoms with van der Waals surface area (Å²) in [6, 6.07) is 5.68. The van der Waals surface area contributed by atoms with Gasteiger partial charge < -0.3 is 21.3 Å². The number of piperidine rings is 1. The van der Waals surface area contributed by atoms with Gasteiger partial charge in [0.15, 0.2) is 0 Å². The number of nitrogens with zero attached hydrogens (tertiary/aromatic N) is 1. The molecule has 1 aromatic carbocycles. The summed E-state index contributed by atoms with van der Waals surface area (Å²) in [5, 5.41) is 5.43. The van der Waals surface area contributed by atoms with Crippen LogP contribution in [0.4, 0.5) is 14.9 Å². The molecule has 1 saturated heterocycles. The maximum Gasteiger partial charge on any atom is 0.321 e. The molecule has 1 fully saturated rings. The lowest BCUT2D eigenvalue weighted by atomic mass is 9.97. The number of nitrogens with one attached hydrogen (secondary N) is 2. The summed E-state index contributed by atoms with van der Waals surface area (Å²) in [5.74, 6) is -0.773. The molecule has 7 heteroatoms. The molecule has 4 N–H and O–H groups in total. The molecule has 0 aliphatic carbocycles. The second-order valence-corrected chi connectivity index (χ2v) is 6.25. The number of hydrogen-bond acceptors (Lipinski definition) is 3. The fourth-order valence-electron chi connectivity index (χ4n) is 2.70. The normalized spacial score (nSPS) is 18.8. The summed E-state index contributed by atoms with van der Waals surface area (Å²) in [6.07, 6.45) is 2.21. The average molecular weight is 336 g/mol. The fraction of sp³-hybridized carbons (Fsp3) is 0.529. The van der Waals surface area contributed by atoms with E-state index in [1.54, 1.807) is 17.0 Å². The highest BCUT2D eigenvalue weighted by atomic mass is 19.1. The SMILES string of the molecule is CC(N)CCNC(=O)C1CCCN(C(=O)Nc2ccccc2F)C1. The number of hydrogen-bond donors (Lipinski definition) is 3. The number of amides is 3. The van der Waals surface area contributed by atoms with Gasteiger partial charge in [0.1, 0.15) is 5.82 Å². The summed E-state index contributed by atoms with van der Waals surface area (Å²) in [6.45, 7) is 3.32. The van der Waals surface area contributed by atoms with Crippen molar-refractivity contribution in [2.24, 2.45) is 11.7 Å². The topological polar surface area (TPSA) is 87.5 Å².